The number of nitrogens with zero attached hydrogens (tertiary/aromatic N) is 3. The number of nitrogens with two attached hydrogens (primary N) is 1. The van der Waals surface area contributed by atoms with Gasteiger partial charge < -0.3 is 9.57 Å². The van der Waals surface area contributed by atoms with Crippen molar-refractivity contribution in [3.8, 4) is 0 Å². The van der Waals surface area contributed by atoms with Gasteiger partial charge in [-0.15, -0.1) is 0 Å². The van der Waals surface area contributed by atoms with Crippen LogP contribution in [0.1, 0.15) is 61.8 Å². The summed E-state index contributed by atoms with van der Waals surface area (Å²) in [4.78, 5) is 31.5. The van der Waals surface area contributed by atoms with Crippen molar-refractivity contribution in [2.24, 2.45) is 5.90 Å². The van der Waals surface area contributed by atoms with Gasteiger partial charge in [-0.1, -0.05) is 26.0 Å². The second-order valence-corrected chi connectivity index (χ2v) is 9.88. The fourth-order valence-electron chi connectivity index (χ4n) is 4.28. The molecule has 4 rings (SSSR count). The molecule has 1 aliphatic heterocycles. The van der Waals surface area contributed by atoms with Crippen LogP contribution in [-0.2, 0) is 21.4 Å². The summed E-state index contributed by atoms with van der Waals surface area (Å²) in [6, 6.07) is 7.96. The fourth-order valence-corrected chi connectivity index (χ4v) is 4.28. The first-order valence-corrected chi connectivity index (χ1v) is 10.6. The maximum atomic E-state index is 13.4. The van der Waals surface area contributed by atoms with E-state index in [1.165, 1.54) is 18.3 Å². The van der Waals surface area contributed by atoms with E-state index in [-0.39, 0.29) is 11.4 Å². The third kappa shape index (κ3) is 4.16. The molecule has 0 saturated carbocycles. The second kappa shape index (κ2) is 7.84. The molecule has 174 valence electrons. The number of hydrogen-bond acceptors (Lipinski definition) is 6. The number of rotatable bonds is 3. The molecule has 2 aromatic heterocycles. The van der Waals surface area contributed by atoms with Crippen LogP contribution < -0.4 is 10.8 Å². The van der Waals surface area contributed by atoms with Crippen LogP contribution in [0.5, 0.6) is 0 Å². The SMILES string of the molecule is CC(C)(C)OC(=O)N1CC(C)(C)c2c1cc(Cc1ccc(F)cc1)c1c(C(=O)ON)cnn21. The zero-order valence-electron chi connectivity index (χ0n) is 19.3. The van der Waals surface area contributed by atoms with Gasteiger partial charge in [-0.25, -0.2) is 18.5 Å². The Labute approximate surface area is 191 Å². The van der Waals surface area contributed by atoms with E-state index in [1.54, 1.807) is 21.5 Å². The van der Waals surface area contributed by atoms with E-state index in [0.29, 0.717) is 29.7 Å². The lowest BCUT2D eigenvalue weighted by molar-refractivity contribution is 0.0504. The van der Waals surface area contributed by atoms with Crippen LogP contribution in [0.2, 0.25) is 0 Å². The number of amides is 1. The van der Waals surface area contributed by atoms with E-state index >= 15 is 0 Å². The van der Waals surface area contributed by atoms with E-state index in [9.17, 15) is 14.0 Å². The summed E-state index contributed by atoms with van der Waals surface area (Å²) >= 11 is 0. The highest BCUT2D eigenvalue weighted by Crippen LogP contribution is 2.43. The lowest BCUT2D eigenvalue weighted by atomic mass is 9.90. The van der Waals surface area contributed by atoms with Gasteiger partial charge in [0.25, 0.3) is 0 Å². The van der Waals surface area contributed by atoms with Gasteiger partial charge in [0, 0.05) is 12.0 Å². The zero-order chi connectivity index (χ0) is 24.1. The van der Waals surface area contributed by atoms with Crippen molar-refractivity contribution in [3.63, 3.8) is 0 Å². The first-order valence-electron chi connectivity index (χ1n) is 10.6. The number of carbonyl (C=O) groups is 2. The Morgan fingerprint density at radius 3 is 2.48 bits per heavy atom. The van der Waals surface area contributed by atoms with Crippen LogP contribution in [-0.4, -0.2) is 33.8 Å². The molecule has 1 amide bonds. The van der Waals surface area contributed by atoms with Crippen LogP contribution in [0.25, 0.3) is 5.52 Å². The van der Waals surface area contributed by atoms with Gasteiger partial charge in [0.2, 0.25) is 0 Å². The van der Waals surface area contributed by atoms with Gasteiger partial charge in [0.1, 0.15) is 17.0 Å². The van der Waals surface area contributed by atoms with E-state index in [1.807, 2.05) is 40.7 Å². The first kappa shape index (κ1) is 22.7. The molecule has 2 N–H and O–H groups in total. The van der Waals surface area contributed by atoms with Crippen LogP contribution in [0, 0.1) is 5.82 Å². The molecule has 8 nitrogen and oxygen atoms in total. The number of hydrogen-bond donors (Lipinski definition) is 1. The lowest BCUT2D eigenvalue weighted by Crippen LogP contribution is -2.38. The molecule has 0 spiro atoms. The summed E-state index contributed by atoms with van der Waals surface area (Å²) in [5, 5.41) is 4.46. The van der Waals surface area contributed by atoms with Gasteiger partial charge in [-0.05, 0) is 56.5 Å². The zero-order valence-corrected chi connectivity index (χ0v) is 19.3. The van der Waals surface area contributed by atoms with Gasteiger partial charge in [-0.2, -0.15) is 11.0 Å². The van der Waals surface area contributed by atoms with Gasteiger partial charge >= 0.3 is 12.1 Å². The minimum absolute atomic E-state index is 0.212. The number of fused-ring (bicyclic) bond motifs is 3. The molecular weight excluding hydrogens is 427 g/mol. The van der Waals surface area contributed by atoms with E-state index in [4.69, 9.17) is 10.6 Å². The molecule has 0 aliphatic carbocycles. The molecule has 0 fully saturated rings. The smallest absolute Gasteiger partial charge is 0.414 e. The molecular formula is C24H27FN4O4. The molecule has 1 aliphatic rings. The Hall–Kier alpha value is -3.46. The normalized spacial score (nSPS) is 14.9. The number of ether oxygens (including phenoxy) is 1. The van der Waals surface area contributed by atoms with Gasteiger partial charge in [0.05, 0.1) is 23.1 Å². The maximum Gasteiger partial charge on any atom is 0.414 e. The van der Waals surface area contributed by atoms with E-state index in [2.05, 4.69) is 9.94 Å². The predicted octanol–water partition coefficient (Wildman–Crippen LogP) is 4.13. The summed E-state index contributed by atoms with van der Waals surface area (Å²) in [6.45, 7) is 9.82. The predicted molar refractivity (Wildman–Crippen MR) is 121 cm³/mol. The average molecular weight is 455 g/mol. The number of pyridine rings is 1. The van der Waals surface area contributed by atoms with E-state index in [0.717, 1.165) is 11.3 Å². The minimum Gasteiger partial charge on any atom is -0.443 e. The quantitative estimate of drug-likeness (QED) is 0.598. The van der Waals surface area contributed by atoms with Crippen LogP contribution in [0.3, 0.4) is 0 Å². The lowest BCUT2D eigenvalue weighted by Gasteiger charge is -2.25. The minimum atomic E-state index is -0.717. The Kier molecular flexibility index (Phi) is 5.40. The number of anilines is 1. The van der Waals surface area contributed by atoms with Gasteiger partial charge in [0.15, 0.2) is 0 Å². The molecule has 9 heteroatoms. The third-order valence-corrected chi connectivity index (χ3v) is 5.57. The van der Waals surface area contributed by atoms with Crippen molar-refractivity contribution in [1.82, 2.24) is 9.61 Å². The molecule has 0 unspecified atom stereocenters. The van der Waals surface area contributed by atoms with Crippen LogP contribution >= 0.6 is 0 Å². The highest BCUT2D eigenvalue weighted by atomic mass is 19.1. The monoisotopic (exact) mass is 454 g/mol. The van der Waals surface area contributed by atoms with Crippen molar-refractivity contribution in [2.75, 3.05) is 11.4 Å². The highest BCUT2D eigenvalue weighted by Gasteiger charge is 2.43. The third-order valence-electron chi connectivity index (χ3n) is 5.57. The van der Waals surface area contributed by atoms with Crippen molar-refractivity contribution < 1.29 is 23.6 Å². The van der Waals surface area contributed by atoms with Crippen LogP contribution in [0.4, 0.5) is 14.9 Å². The largest absolute Gasteiger partial charge is 0.443 e. The molecule has 1 aromatic carbocycles. The first-order chi connectivity index (χ1) is 15.4. The Morgan fingerprint density at radius 1 is 1.21 bits per heavy atom. The fraction of sp³-hybridized carbons (Fsp3) is 0.375. The molecule has 3 heterocycles. The number of carbonyl (C=O) groups excluding carboxylic acids is 2. The van der Waals surface area contributed by atoms with Crippen molar-refractivity contribution in [3.05, 3.63) is 64.7 Å². The summed E-state index contributed by atoms with van der Waals surface area (Å²) in [5.41, 5.74) is 2.56. The Balaban J connectivity index is 1.93. The highest BCUT2D eigenvalue weighted by molar-refractivity contribution is 5.99. The molecule has 33 heavy (non-hydrogen) atoms. The topological polar surface area (TPSA) is 99.2 Å². The summed E-state index contributed by atoms with van der Waals surface area (Å²) in [6.07, 6.45) is 1.32. The molecule has 3 aromatic rings. The summed E-state index contributed by atoms with van der Waals surface area (Å²) < 4.78 is 20.8. The van der Waals surface area contributed by atoms with Crippen molar-refractivity contribution in [2.45, 2.75) is 52.1 Å². The van der Waals surface area contributed by atoms with Crippen molar-refractivity contribution >= 4 is 23.3 Å². The van der Waals surface area contributed by atoms with Gasteiger partial charge in [-0.3, -0.25) is 4.90 Å². The van der Waals surface area contributed by atoms with Crippen LogP contribution in [0.15, 0.2) is 36.5 Å². The molecule has 0 bridgehead atoms. The second-order valence-electron chi connectivity index (χ2n) is 9.88. The Bertz CT molecular complexity index is 1240. The molecule has 0 saturated heterocycles. The molecule has 0 radical (unpaired) electrons. The number of aromatic nitrogens is 2. The maximum absolute atomic E-state index is 13.4. The standard InChI is InChI=1S/C24H27FN4O4/c1-23(2,3)32-22(31)28-13-24(4,5)20-18(28)11-15(10-14-6-8-16(25)9-7-14)19-17(21(30)33-26)12-27-29(19)20/h6-9,11-12H,10,13,26H2,1-5H3. The summed E-state index contributed by atoms with van der Waals surface area (Å²) in [7, 11) is 0. The number of halogens is 1. The van der Waals surface area contributed by atoms with Crippen molar-refractivity contribution in [1.29, 1.82) is 0 Å². The van der Waals surface area contributed by atoms with E-state index < -0.39 is 23.1 Å². The Morgan fingerprint density at radius 2 is 1.88 bits per heavy atom. The summed E-state index contributed by atoms with van der Waals surface area (Å²) in [5.74, 6) is 4.10. The average Bonchev–Trinajstić information content (AvgIpc) is 3.27. The molecule has 0 atom stereocenters. The number of benzene rings is 1.